The average Bonchev–Trinajstić information content (AvgIpc) is 3.48. The summed E-state index contributed by atoms with van der Waals surface area (Å²) in [6.45, 7) is 2.50. The molecule has 2 aromatic heterocycles. The highest BCUT2D eigenvalue weighted by Gasteiger charge is 2.16. The van der Waals surface area contributed by atoms with Crippen LogP contribution in [0.3, 0.4) is 0 Å². The Balaban J connectivity index is 1.46. The van der Waals surface area contributed by atoms with Gasteiger partial charge in [-0.25, -0.2) is 0 Å². The predicted octanol–water partition coefficient (Wildman–Crippen LogP) is 5.12. The fraction of sp³-hybridized carbons (Fsp3) is 0.208. The van der Waals surface area contributed by atoms with Gasteiger partial charge in [-0.05, 0) is 35.9 Å². The summed E-state index contributed by atoms with van der Waals surface area (Å²) in [4.78, 5) is 24.4. The number of rotatable bonds is 10. The van der Waals surface area contributed by atoms with Crippen LogP contribution in [0.2, 0.25) is 0 Å². The highest BCUT2D eigenvalue weighted by atomic mass is 32.2. The molecular weight excluding hydrogens is 470 g/mol. The third kappa shape index (κ3) is 6.09. The van der Waals surface area contributed by atoms with Gasteiger partial charge in [0.15, 0.2) is 5.16 Å². The molecule has 8 nitrogen and oxygen atoms in total. The molecule has 4 rings (SSSR count). The number of nitro benzene ring substituents is 1. The lowest BCUT2D eigenvalue weighted by Crippen LogP contribution is -2.16. The van der Waals surface area contributed by atoms with Crippen molar-refractivity contribution in [1.82, 2.24) is 14.8 Å². The van der Waals surface area contributed by atoms with Gasteiger partial charge >= 0.3 is 0 Å². The van der Waals surface area contributed by atoms with Crippen molar-refractivity contribution >= 4 is 40.4 Å². The fourth-order valence-corrected chi connectivity index (χ4v) is 4.90. The Morgan fingerprint density at radius 1 is 1.15 bits per heavy atom. The number of carbonyl (C=O) groups is 1. The summed E-state index contributed by atoms with van der Waals surface area (Å²) in [5.41, 5.74) is 2.34. The molecule has 0 radical (unpaired) electrons. The zero-order valence-electron chi connectivity index (χ0n) is 18.5. The zero-order valence-corrected chi connectivity index (χ0v) is 20.1. The molecule has 0 aliphatic rings. The number of non-ortho nitro benzene ring substituents is 1. The van der Waals surface area contributed by atoms with Crippen LogP contribution in [0.5, 0.6) is 0 Å². The molecule has 0 aliphatic carbocycles. The molecule has 2 heterocycles. The molecule has 0 saturated heterocycles. The summed E-state index contributed by atoms with van der Waals surface area (Å²) >= 11 is 2.98. The topological polar surface area (TPSA) is 103 Å². The number of hydrogen-bond acceptors (Lipinski definition) is 7. The van der Waals surface area contributed by atoms with E-state index in [-0.39, 0.29) is 17.3 Å². The summed E-state index contributed by atoms with van der Waals surface area (Å²) in [5, 5.41) is 25.3. The summed E-state index contributed by atoms with van der Waals surface area (Å²) in [5.74, 6) is 0.715. The van der Waals surface area contributed by atoms with E-state index in [1.165, 1.54) is 34.3 Å². The van der Waals surface area contributed by atoms with E-state index >= 15 is 0 Å². The van der Waals surface area contributed by atoms with E-state index in [9.17, 15) is 14.9 Å². The summed E-state index contributed by atoms with van der Waals surface area (Å²) < 4.78 is 2.07. The van der Waals surface area contributed by atoms with Gasteiger partial charge in [0.25, 0.3) is 5.69 Å². The van der Waals surface area contributed by atoms with E-state index in [2.05, 4.69) is 38.3 Å². The van der Waals surface area contributed by atoms with Gasteiger partial charge in [-0.3, -0.25) is 14.9 Å². The van der Waals surface area contributed by atoms with E-state index in [4.69, 9.17) is 0 Å². The van der Waals surface area contributed by atoms with Gasteiger partial charge in [-0.15, -0.1) is 21.5 Å². The van der Waals surface area contributed by atoms with Gasteiger partial charge in [0.2, 0.25) is 5.91 Å². The van der Waals surface area contributed by atoms with Crippen LogP contribution in [-0.2, 0) is 24.2 Å². The lowest BCUT2D eigenvalue weighted by Gasteiger charge is -2.11. The number of carbonyl (C=O) groups excluding carboxylic acids is 1. The third-order valence-corrected chi connectivity index (χ3v) is 7.05. The summed E-state index contributed by atoms with van der Waals surface area (Å²) in [6, 6.07) is 18.7. The Kier molecular flexibility index (Phi) is 7.71. The second-order valence-electron chi connectivity index (χ2n) is 7.64. The molecule has 10 heteroatoms. The Hall–Kier alpha value is -3.50. The summed E-state index contributed by atoms with van der Waals surface area (Å²) in [7, 11) is 0. The monoisotopic (exact) mass is 493 g/mol. The van der Waals surface area contributed by atoms with Crippen LogP contribution in [0.15, 0.2) is 71.2 Å². The minimum atomic E-state index is -0.478. The Labute approximate surface area is 205 Å². The van der Waals surface area contributed by atoms with Crippen LogP contribution in [0.25, 0.3) is 0 Å². The smallest absolute Gasteiger partial charge is 0.271 e. The van der Waals surface area contributed by atoms with Crippen molar-refractivity contribution in [2.75, 3.05) is 11.1 Å². The van der Waals surface area contributed by atoms with Gasteiger partial charge in [0.1, 0.15) is 5.82 Å². The van der Waals surface area contributed by atoms with Crippen molar-refractivity contribution in [1.29, 1.82) is 0 Å². The minimum absolute atomic E-state index is 0.0626. The number of benzene rings is 2. The van der Waals surface area contributed by atoms with Crippen LogP contribution in [0, 0.1) is 17.0 Å². The van der Waals surface area contributed by atoms with Crippen molar-refractivity contribution in [3.8, 4) is 0 Å². The maximum Gasteiger partial charge on any atom is 0.271 e. The highest BCUT2D eigenvalue weighted by Crippen LogP contribution is 2.24. The number of nitrogens with one attached hydrogen (secondary N) is 1. The van der Waals surface area contributed by atoms with E-state index < -0.39 is 4.92 Å². The number of aromatic nitrogens is 3. The van der Waals surface area contributed by atoms with Crippen LogP contribution in [0.4, 0.5) is 11.4 Å². The molecule has 0 spiro atoms. The van der Waals surface area contributed by atoms with Crippen LogP contribution < -0.4 is 5.32 Å². The van der Waals surface area contributed by atoms with E-state index in [1.807, 2.05) is 29.6 Å². The molecule has 0 atom stereocenters. The normalized spacial score (nSPS) is 10.9. The second kappa shape index (κ2) is 11.1. The molecule has 4 aromatic rings. The SMILES string of the molecule is Cc1ccc([N+](=O)[O-])cc1NC(=O)CSc1nnc(Cc2cccs2)n1CCc1ccccc1. The lowest BCUT2D eigenvalue weighted by molar-refractivity contribution is -0.384. The molecule has 174 valence electrons. The van der Waals surface area contributed by atoms with E-state index in [0.717, 1.165) is 17.8 Å². The molecule has 2 aromatic carbocycles. The Morgan fingerprint density at radius 3 is 2.71 bits per heavy atom. The third-order valence-electron chi connectivity index (χ3n) is 5.21. The van der Waals surface area contributed by atoms with E-state index in [0.29, 0.717) is 23.8 Å². The minimum Gasteiger partial charge on any atom is -0.325 e. The van der Waals surface area contributed by atoms with Crippen molar-refractivity contribution in [3.05, 3.63) is 98.0 Å². The van der Waals surface area contributed by atoms with Gasteiger partial charge in [0, 0.05) is 30.0 Å². The standard InChI is InChI=1S/C24H23N5O3S2/c1-17-9-10-19(29(31)32)14-21(17)25-23(30)16-34-24-27-26-22(15-20-8-5-13-33-20)28(24)12-11-18-6-3-2-4-7-18/h2-10,13-14H,11-12,15-16H2,1H3,(H,25,30). The molecule has 0 aliphatic heterocycles. The number of nitrogens with zero attached hydrogens (tertiary/aromatic N) is 4. The summed E-state index contributed by atoms with van der Waals surface area (Å²) in [6.07, 6.45) is 1.50. The van der Waals surface area contributed by atoms with Crippen molar-refractivity contribution in [3.63, 3.8) is 0 Å². The zero-order chi connectivity index (χ0) is 23.9. The van der Waals surface area contributed by atoms with Crippen LogP contribution >= 0.6 is 23.1 Å². The van der Waals surface area contributed by atoms with Crippen molar-refractivity contribution in [2.24, 2.45) is 0 Å². The van der Waals surface area contributed by atoms with E-state index in [1.54, 1.807) is 24.3 Å². The highest BCUT2D eigenvalue weighted by molar-refractivity contribution is 7.99. The number of anilines is 1. The van der Waals surface area contributed by atoms with Gasteiger partial charge in [-0.2, -0.15) is 0 Å². The molecule has 1 amide bonds. The molecular formula is C24H23N5O3S2. The average molecular weight is 494 g/mol. The first-order chi connectivity index (χ1) is 16.5. The first kappa shape index (κ1) is 23.7. The van der Waals surface area contributed by atoms with Gasteiger partial charge in [0.05, 0.1) is 16.4 Å². The molecule has 0 fully saturated rings. The molecule has 34 heavy (non-hydrogen) atoms. The molecule has 0 bridgehead atoms. The molecule has 0 unspecified atom stereocenters. The predicted molar refractivity (Wildman–Crippen MR) is 134 cm³/mol. The number of thiophene rings is 1. The largest absolute Gasteiger partial charge is 0.325 e. The van der Waals surface area contributed by atoms with Crippen molar-refractivity contribution in [2.45, 2.75) is 31.5 Å². The van der Waals surface area contributed by atoms with Gasteiger partial charge < -0.3 is 9.88 Å². The quantitative estimate of drug-likeness (QED) is 0.187. The number of nitro groups is 1. The Bertz CT molecular complexity index is 1270. The maximum absolute atomic E-state index is 12.6. The first-order valence-electron chi connectivity index (χ1n) is 10.7. The number of amides is 1. The van der Waals surface area contributed by atoms with Gasteiger partial charge in [-0.1, -0.05) is 54.2 Å². The molecule has 0 saturated carbocycles. The Morgan fingerprint density at radius 2 is 1.97 bits per heavy atom. The lowest BCUT2D eigenvalue weighted by atomic mass is 10.1. The van der Waals surface area contributed by atoms with Crippen LogP contribution in [-0.4, -0.2) is 31.3 Å². The first-order valence-corrected chi connectivity index (χ1v) is 12.5. The number of thioether (sulfide) groups is 1. The molecule has 1 N–H and O–H groups in total. The maximum atomic E-state index is 12.6. The number of hydrogen-bond donors (Lipinski definition) is 1. The van der Waals surface area contributed by atoms with Crippen LogP contribution in [0.1, 0.15) is 21.8 Å². The van der Waals surface area contributed by atoms with Crippen molar-refractivity contribution < 1.29 is 9.72 Å². The second-order valence-corrected chi connectivity index (χ2v) is 9.61. The number of aryl methyl sites for hydroxylation is 2. The fourth-order valence-electron chi connectivity index (χ4n) is 3.41.